The van der Waals surface area contributed by atoms with Gasteiger partial charge in [-0.25, -0.2) is 13.1 Å². The lowest BCUT2D eigenvalue weighted by molar-refractivity contribution is 0.580. The predicted molar refractivity (Wildman–Crippen MR) is 102 cm³/mol. The first-order valence-electron chi connectivity index (χ1n) is 8.30. The molecule has 0 atom stereocenters. The minimum atomic E-state index is -3.63. The summed E-state index contributed by atoms with van der Waals surface area (Å²) in [6.45, 7) is 5.76. The number of hydrogen-bond donors (Lipinski definition) is 1. The van der Waals surface area contributed by atoms with Crippen LogP contribution in [-0.4, -0.2) is 18.4 Å². The Labute approximate surface area is 154 Å². The molecule has 0 saturated heterocycles. The SMILES string of the molecule is Cc1cc(C)c(S(=O)(=O)NCc2cccnc2-c2cccnc2)c(C)c1. The molecule has 2 aromatic heterocycles. The maximum Gasteiger partial charge on any atom is 0.241 e. The van der Waals surface area contributed by atoms with Crippen molar-refractivity contribution in [1.82, 2.24) is 14.7 Å². The third kappa shape index (κ3) is 3.81. The minimum Gasteiger partial charge on any atom is -0.264 e. The van der Waals surface area contributed by atoms with Crippen LogP contribution >= 0.6 is 0 Å². The van der Waals surface area contributed by atoms with Crippen molar-refractivity contribution in [3.8, 4) is 11.3 Å². The molecule has 1 N–H and O–H groups in total. The fraction of sp³-hybridized carbons (Fsp3) is 0.200. The molecule has 0 spiro atoms. The van der Waals surface area contributed by atoms with Crippen LogP contribution in [0, 0.1) is 20.8 Å². The summed E-state index contributed by atoms with van der Waals surface area (Å²) in [4.78, 5) is 8.85. The van der Waals surface area contributed by atoms with Crippen molar-refractivity contribution >= 4 is 10.0 Å². The number of benzene rings is 1. The molecule has 0 saturated carbocycles. The van der Waals surface area contributed by atoms with Gasteiger partial charge in [0.05, 0.1) is 10.6 Å². The van der Waals surface area contributed by atoms with Gasteiger partial charge in [0.15, 0.2) is 0 Å². The van der Waals surface area contributed by atoms with E-state index in [-0.39, 0.29) is 6.54 Å². The van der Waals surface area contributed by atoms with Crippen molar-refractivity contribution in [3.05, 3.63) is 77.2 Å². The molecule has 0 aliphatic rings. The fourth-order valence-corrected chi connectivity index (χ4v) is 4.64. The molecule has 6 heteroatoms. The van der Waals surface area contributed by atoms with Crippen LogP contribution in [0.4, 0.5) is 0 Å². The summed E-state index contributed by atoms with van der Waals surface area (Å²) >= 11 is 0. The molecule has 1 aromatic carbocycles. The van der Waals surface area contributed by atoms with Gasteiger partial charge in [0, 0.05) is 30.7 Å². The van der Waals surface area contributed by atoms with E-state index in [1.807, 2.05) is 51.1 Å². The summed E-state index contributed by atoms with van der Waals surface area (Å²) in [5.74, 6) is 0. The Morgan fingerprint density at radius 3 is 2.35 bits per heavy atom. The van der Waals surface area contributed by atoms with Crippen LogP contribution in [0.25, 0.3) is 11.3 Å². The van der Waals surface area contributed by atoms with E-state index in [0.717, 1.165) is 33.5 Å². The minimum absolute atomic E-state index is 0.160. The second-order valence-corrected chi connectivity index (χ2v) is 8.01. The molecule has 0 radical (unpaired) electrons. The zero-order valence-electron chi connectivity index (χ0n) is 15.0. The summed E-state index contributed by atoms with van der Waals surface area (Å²) in [6.07, 6.45) is 5.10. The average Bonchev–Trinajstić information content (AvgIpc) is 2.60. The molecule has 3 rings (SSSR count). The number of hydrogen-bond acceptors (Lipinski definition) is 4. The molecular formula is C20H21N3O2S. The van der Waals surface area contributed by atoms with Gasteiger partial charge in [0.25, 0.3) is 0 Å². The standard InChI is InChI=1S/C20H21N3O2S/c1-14-10-15(2)20(16(3)11-14)26(24,25)23-13-18-7-5-9-22-19(18)17-6-4-8-21-12-17/h4-12,23H,13H2,1-3H3. The highest BCUT2D eigenvalue weighted by atomic mass is 32.2. The largest absolute Gasteiger partial charge is 0.264 e. The number of sulfonamides is 1. The summed E-state index contributed by atoms with van der Waals surface area (Å²) in [7, 11) is -3.63. The van der Waals surface area contributed by atoms with Crippen molar-refractivity contribution < 1.29 is 8.42 Å². The van der Waals surface area contributed by atoms with Crippen molar-refractivity contribution in [2.75, 3.05) is 0 Å². The van der Waals surface area contributed by atoms with Crippen LogP contribution in [0.3, 0.4) is 0 Å². The molecule has 26 heavy (non-hydrogen) atoms. The van der Waals surface area contributed by atoms with E-state index in [4.69, 9.17) is 0 Å². The molecule has 0 bridgehead atoms. The highest BCUT2D eigenvalue weighted by molar-refractivity contribution is 7.89. The Morgan fingerprint density at radius 1 is 1.00 bits per heavy atom. The molecule has 0 unspecified atom stereocenters. The van der Waals surface area contributed by atoms with Crippen LogP contribution < -0.4 is 4.72 Å². The Balaban J connectivity index is 1.91. The molecule has 2 heterocycles. The van der Waals surface area contributed by atoms with Gasteiger partial charge < -0.3 is 0 Å². The van der Waals surface area contributed by atoms with Gasteiger partial charge in [0.2, 0.25) is 10.0 Å². The van der Waals surface area contributed by atoms with Gasteiger partial charge in [-0.2, -0.15) is 0 Å². The number of nitrogens with zero attached hydrogens (tertiary/aromatic N) is 2. The average molecular weight is 367 g/mol. The summed E-state index contributed by atoms with van der Waals surface area (Å²) in [6, 6.07) is 11.2. The maximum atomic E-state index is 12.9. The summed E-state index contributed by atoms with van der Waals surface area (Å²) < 4.78 is 28.4. The lowest BCUT2D eigenvalue weighted by atomic mass is 10.1. The van der Waals surface area contributed by atoms with Gasteiger partial charge in [-0.15, -0.1) is 0 Å². The third-order valence-electron chi connectivity index (χ3n) is 4.15. The van der Waals surface area contributed by atoms with Crippen LogP contribution in [0.5, 0.6) is 0 Å². The Bertz CT molecular complexity index is 1010. The number of nitrogens with one attached hydrogen (secondary N) is 1. The van der Waals surface area contributed by atoms with Crippen LogP contribution in [0.2, 0.25) is 0 Å². The monoisotopic (exact) mass is 367 g/mol. The normalized spacial score (nSPS) is 11.5. The molecule has 0 aliphatic heterocycles. The van der Waals surface area contributed by atoms with Crippen LogP contribution in [0.15, 0.2) is 59.9 Å². The molecule has 0 aliphatic carbocycles. The zero-order valence-corrected chi connectivity index (χ0v) is 15.8. The van der Waals surface area contributed by atoms with Gasteiger partial charge in [-0.1, -0.05) is 23.8 Å². The van der Waals surface area contributed by atoms with E-state index in [9.17, 15) is 8.42 Å². The predicted octanol–water partition coefficient (Wildman–Crippen LogP) is 3.55. The number of aryl methyl sites for hydroxylation is 3. The van der Waals surface area contributed by atoms with E-state index in [2.05, 4.69) is 14.7 Å². The second-order valence-electron chi connectivity index (χ2n) is 6.31. The van der Waals surface area contributed by atoms with E-state index >= 15 is 0 Å². The van der Waals surface area contributed by atoms with Gasteiger partial charge >= 0.3 is 0 Å². The first kappa shape index (κ1) is 18.2. The highest BCUT2D eigenvalue weighted by Gasteiger charge is 2.20. The van der Waals surface area contributed by atoms with Crippen LogP contribution in [0.1, 0.15) is 22.3 Å². The first-order chi connectivity index (χ1) is 12.4. The molecule has 5 nitrogen and oxygen atoms in total. The molecule has 0 fully saturated rings. The zero-order chi connectivity index (χ0) is 18.7. The third-order valence-corrected chi connectivity index (χ3v) is 5.86. The lowest BCUT2D eigenvalue weighted by Crippen LogP contribution is -2.25. The quantitative estimate of drug-likeness (QED) is 0.749. The van der Waals surface area contributed by atoms with E-state index in [0.29, 0.717) is 4.90 Å². The Kier molecular flexibility index (Phi) is 5.15. The Hall–Kier alpha value is -2.57. The Morgan fingerprint density at radius 2 is 1.69 bits per heavy atom. The first-order valence-corrected chi connectivity index (χ1v) is 9.78. The van der Waals surface area contributed by atoms with Gasteiger partial charge in [-0.3, -0.25) is 9.97 Å². The fourth-order valence-electron chi connectivity index (χ4n) is 3.18. The number of pyridine rings is 2. The highest BCUT2D eigenvalue weighted by Crippen LogP contribution is 2.23. The van der Waals surface area contributed by atoms with E-state index in [1.54, 1.807) is 24.7 Å². The lowest BCUT2D eigenvalue weighted by Gasteiger charge is -2.14. The van der Waals surface area contributed by atoms with E-state index < -0.39 is 10.0 Å². The topological polar surface area (TPSA) is 72.0 Å². The van der Waals surface area contributed by atoms with Crippen molar-refractivity contribution in [1.29, 1.82) is 0 Å². The van der Waals surface area contributed by atoms with Crippen LogP contribution in [-0.2, 0) is 16.6 Å². The van der Waals surface area contributed by atoms with E-state index in [1.165, 1.54) is 0 Å². The molecule has 0 amide bonds. The van der Waals surface area contributed by atoms with Crippen molar-refractivity contribution in [3.63, 3.8) is 0 Å². The summed E-state index contributed by atoms with van der Waals surface area (Å²) in [5.41, 5.74) is 4.91. The number of aromatic nitrogens is 2. The van der Waals surface area contributed by atoms with Gasteiger partial charge in [0.1, 0.15) is 0 Å². The van der Waals surface area contributed by atoms with Crippen molar-refractivity contribution in [2.45, 2.75) is 32.2 Å². The summed E-state index contributed by atoms with van der Waals surface area (Å²) in [5, 5.41) is 0. The number of rotatable bonds is 5. The molecule has 3 aromatic rings. The van der Waals surface area contributed by atoms with Crippen molar-refractivity contribution in [2.24, 2.45) is 0 Å². The maximum absolute atomic E-state index is 12.9. The molecular weight excluding hydrogens is 346 g/mol. The van der Waals surface area contributed by atoms with Gasteiger partial charge in [-0.05, 0) is 55.7 Å². The smallest absolute Gasteiger partial charge is 0.241 e. The second kappa shape index (κ2) is 7.35. The molecule has 134 valence electrons.